The second-order valence-electron chi connectivity index (χ2n) is 16.5. The average molecular weight is 833 g/mol. The topological polar surface area (TPSA) is 21.3 Å². The van der Waals surface area contributed by atoms with Crippen LogP contribution in [0.5, 0.6) is 0 Å². The van der Waals surface area contributed by atoms with Crippen molar-refractivity contribution < 1.29 is 9.90 Å². The third-order valence-electron chi connectivity index (χ3n) is 12.8. The maximum absolute atomic E-state index is 10.3. The summed E-state index contributed by atoms with van der Waals surface area (Å²) in [5.41, 5.74) is 11.2. The van der Waals surface area contributed by atoms with Gasteiger partial charge in [0, 0.05) is 38.6 Å². The van der Waals surface area contributed by atoms with Crippen LogP contribution in [-0.2, 0) is 0 Å². The monoisotopic (exact) mass is 832 g/mol. The molecule has 65 heavy (non-hydrogen) atoms. The molecule has 0 bridgehead atoms. The first kappa shape index (κ1) is 33.0. The van der Waals surface area contributed by atoms with Crippen LogP contribution in [0.3, 0.4) is 0 Å². The molecule has 3 heteroatoms. The van der Waals surface area contributed by atoms with Gasteiger partial charge in [-0.2, -0.15) is 0 Å². The fourth-order valence-electron chi connectivity index (χ4n) is 9.80. The standard InChI is InChI=1S/C62H40N2O/c1-2-17-49(18-3-1)64-56-23-9-8-21-54(56)60-52(22-11-24-57(60)64)48-16-10-19-51(40-48)63(58-25-12-26-59-61(58)55-38-35-45-14-6-7-20-53(45)62(55)65-59)50-36-33-43(34-37-50)42-27-29-44(30-28-42)47-32-31-41-13-4-5-15-46(41)39-47/h1-40H/i10D,16D,19D,40D. The lowest BCUT2D eigenvalue weighted by atomic mass is 9.97. The van der Waals surface area contributed by atoms with Gasteiger partial charge >= 0.3 is 0 Å². The van der Waals surface area contributed by atoms with Gasteiger partial charge in [0.05, 0.1) is 27.6 Å². The van der Waals surface area contributed by atoms with Crippen molar-refractivity contribution >= 4 is 82.4 Å². The summed E-state index contributed by atoms with van der Waals surface area (Å²) in [6, 6.07) is 73.7. The largest absolute Gasteiger partial charge is 0.455 e. The van der Waals surface area contributed by atoms with E-state index in [1.54, 1.807) is 0 Å². The number of anilines is 3. The Hall–Kier alpha value is -8.66. The Morgan fingerprint density at radius 1 is 0.415 bits per heavy atom. The molecule has 0 saturated carbocycles. The SMILES string of the molecule is [2H]c1c([2H])c(-c2cccc3c2c2ccccc2n3-c2ccccc2)c([2H])c(N(c2ccc(-c3ccc(-c4ccc5ccccc5c4)cc3)cc2)c2cccc3oc4c5ccccc5ccc4c23)c1[2H]. The summed E-state index contributed by atoms with van der Waals surface area (Å²) >= 11 is 0. The molecular weight excluding hydrogens is 789 g/mol. The van der Waals surface area contributed by atoms with Gasteiger partial charge in [0.2, 0.25) is 0 Å². The molecule has 0 spiro atoms. The highest BCUT2D eigenvalue weighted by atomic mass is 16.3. The smallest absolute Gasteiger partial charge is 0.143 e. The highest BCUT2D eigenvalue weighted by Crippen LogP contribution is 2.46. The number of para-hydroxylation sites is 2. The van der Waals surface area contributed by atoms with Crippen molar-refractivity contribution in [3.63, 3.8) is 0 Å². The van der Waals surface area contributed by atoms with Gasteiger partial charge in [0.15, 0.2) is 0 Å². The second-order valence-corrected chi connectivity index (χ2v) is 16.5. The number of fused-ring (bicyclic) bond motifs is 9. The van der Waals surface area contributed by atoms with Gasteiger partial charge in [-0.05, 0) is 122 Å². The first-order valence-corrected chi connectivity index (χ1v) is 21.9. The number of aromatic nitrogens is 1. The molecule has 13 aromatic rings. The highest BCUT2D eigenvalue weighted by Gasteiger charge is 2.22. The normalized spacial score (nSPS) is 12.6. The summed E-state index contributed by atoms with van der Waals surface area (Å²) in [4.78, 5) is 1.93. The van der Waals surface area contributed by atoms with Crippen LogP contribution < -0.4 is 4.90 Å². The molecule has 2 heterocycles. The summed E-state index contributed by atoms with van der Waals surface area (Å²) in [6.45, 7) is 0. The predicted octanol–water partition coefficient (Wildman–Crippen LogP) is 17.5. The Balaban J connectivity index is 1.02. The quantitative estimate of drug-likeness (QED) is 0.160. The van der Waals surface area contributed by atoms with Gasteiger partial charge in [-0.3, -0.25) is 0 Å². The molecular formula is C62H40N2O. The van der Waals surface area contributed by atoms with Crippen molar-refractivity contribution in [1.82, 2.24) is 4.57 Å². The molecule has 0 radical (unpaired) electrons. The highest BCUT2D eigenvalue weighted by molar-refractivity contribution is 6.20. The Morgan fingerprint density at radius 3 is 1.89 bits per heavy atom. The molecule has 13 rings (SSSR count). The van der Waals surface area contributed by atoms with E-state index < -0.39 is 0 Å². The molecule has 0 atom stereocenters. The lowest BCUT2D eigenvalue weighted by Gasteiger charge is -2.27. The van der Waals surface area contributed by atoms with E-state index in [-0.39, 0.29) is 35.4 Å². The number of benzene rings is 11. The van der Waals surface area contributed by atoms with E-state index in [0.717, 1.165) is 76.9 Å². The minimum atomic E-state index is -0.261. The molecule has 0 unspecified atom stereocenters. The zero-order chi connectivity index (χ0) is 46.3. The second kappa shape index (κ2) is 15.0. The molecule has 0 aliphatic rings. The molecule has 304 valence electrons. The molecule has 0 saturated heterocycles. The van der Waals surface area contributed by atoms with Crippen LogP contribution in [0.1, 0.15) is 5.48 Å². The molecule has 0 amide bonds. The van der Waals surface area contributed by atoms with E-state index in [1.165, 1.54) is 10.8 Å². The van der Waals surface area contributed by atoms with Gasteiger partial charge in [-0.15, -0.1) is 0 Å². The van der Waals surface area contributed by atoms with Crippen LogP contribution in [0.15, 0.2) is 247 Å². The summed E-state index contributed by atoms with van der Waals surface area (Å²) in [6.07, 6.45) is 0. The predicted molar refractivity (Wildman–Crippen MR) is 274 cm³/mol. The van der Waals surface area contributed by atoms with Gasteiger partial charge in [0.1, 0.15) is 11.2 Å². The molecule has 2 aromatic heterocycles. The maximum atomic E-state index is 10.3. The van der Waals surface area contributed by atoms with E-state index in [1.807, 2.05) is 89.8 Å². The minimum Gasteiger partial charge on any atom is -0.455 e. The molecule has 0 aliphatic heterocycles. The van der Waals surface area contributed by atoms with Crippen molar-refractivity contribution in [3.8, 4) is 39.1 Å². The van der Waals surface area contributed by atoms with Crippen molar-refractivity contribution in [2.45, 2.75) is 0 Å². The minimum absolute atomic E-state index is 0.0198. The van der Waals surface area contributed by atoms with Crippen molar-refractivity contribution in [2.24, 2.45) is 0 Å². The van der Waals surface area contributed by atoms with Crippen LogP contribution >= 0.6 is 0 Å². The number of rotatable bonds is 7. The summed E-state index contributed by atoms with van der Waals surface area (Å²) in [5.74, 6) is 0. The lowest BCUT2D eigenvalue weighted by Crippen LogP contribution is -2.10. The molecule has 0 fully saturated rings. The van der Waals surface area contributed by atoms with Crippen LogP contribution in [-0.4, -0.2) is 4.57 Å². The van der Waals surface area contributed by atoms with Crippen LogP contribution in [0.25, 0.3) is 104 Å². The third kappa shape index (κ3) is 6.12. The Morgan fingerprint density at radius 2 is 1.06 bits per heavy atom. The van der Waals surface area contributed by atoms with E-state index in [4.69, 9.17) is 4.42 Å². The van der Waals surface area contributed by atoms with E-state index in [9.17, 15) is 5.48 Å². The fraction of sp³-hybridized carbons (Fsp3) is 0. The van der Waals surface area contributed by atoms with Crippen LogP contribution in [0, 0.1) is 0 Å². The van der Waals surface area contributed by atoms with Crippen LogP contribution in [0.2, 0.25) is 0 Å². The molecule has 11 aromatic carbocycles. The van der Waals surface area contributed by atoms with Crippen molar-refractivity contribution in [2.75, 3.05) is 4.90 Å². The molecule has 3 nitrogen and oxygen atoms in total. The summed E-state index contributed by atoms with van der Waals surface area (Å²) in [5, 5.41) is 8.01. The van der Waals surface area contributed by atoms with E-state index in [0.29, 0.717) is 22.5 Å². The number of hydrogen-bond acceptors (Lipinski definition) is 2. The maximum Gasteiger partial charge on any atom is 0.143 e. The van der Waals surface area contributed by atoms with E-state index in [2.05, 4.69) is 138 Å². The number of nitrogens with zero attached hydrogens (tertiary/aromatic N) is 2. The Kier molecular flexibility index (Phi) is 7.61. The van der Waals surface area contributed by atoms with Crippen molar-refractivity contribution in [1.29, 1.82) is 0 Å². The average Bonchev–Trinajstić information content (AvgIpc) is 3.97. The molecule has 0 aliphatic carbocycles. The lowest BCUT2D eigenvalue weighted by molar-refractivity contribution is 0.672. The van der Waals surface area contributed by atoms with Gasteiger partial charge in [0.25, 0.3) is 0 Å². The van der Waals surface area contributed by atoms with Crippen molar-refractivity contribution in [3.05, 3.63) is 243 Å². The molecule has 0 N–H and O–H groups in total. The van der Waals surface area contributed by atoms with Crippen LogP contribution in [0.4, 0.5) is 17.1 Å². The Bertz CT molecular complexity index is 4180. The number of hydrogen-bond donors (Lipinski definition) is 0. The first-order valence-electron chi connectivity index (χ1n) is 23.9. The zero-order valence-corrected chi connectivity index (χ0v) is 35.1. The zero-order valence-electron chi connectivity index (χ0n) is 39.1. The summed E-state index contributed by atoms with van der Waals surface area (Å²) in [7, 11) is 0. The number of furan rings is 1. The van der Waals surface area contributed by atoms with E-state index >= 15 is 0 Å². The van der Waals surface area contributed by atoms with Gasteiger partial charge < -0.3 is 13.9 Å². The Labute approximate surface area is 381 Å². The van der Waals surface area contributed by atoms with Gasteiger partial charge in [-0.25, -0.2) is 0 Å². The van der Waals surface area contributed by atoms with Gasteiger partial charge in [-0.1, -0.05) is 170 Å². The third-order valence-corrected chi connectivity index (χ3v) is 12.8. The summed E-state index contributed by atoms with van der Waals surface area (Å²) < 4.78 is 48.0. The fourth-order valence-corrected chi connectivity index (χ4v) is 9.80. The first-order chi connectivity index (χ1) is 33.9.